The number of aryl methyl sites for hydroxylation is 1. The normalized spacial score (nSPS) is 19.8. The molecule has 3 N–H and O–H groups in total. The van der Waals surface area contributed by atoms with E-state index in [1.807, 2.05) is 6.07 Å². The van der Waals surface area contributed by atoms with E-state index in [1.54, 1.807) is 25.2 Å². The number of halogens is 1. The first-order valence-electron chi connectivity index (χ1n) is 5.26. The summed E-state index contributed by atoms with van der Waals surface area (Å²) in [7, 11) is 0. The number of nitrogens with two attached hydrogens (primary N) is 1. The summed E-state index contributed by atoms with van der Waals surface area (Å²) in [5.41, 5.74) is 5.89. The summed E-state index contributed by atoms with van der Waals surface area (Å²) in [5.74, 6) is -0.331. The van der Waals surface area contributed by atoms with E-state index in [2.05, 4.69) is 5.32 Å². The average molecular weight is 259 g/mol. The Labute approximate surface area is 104 Å². The third-order valence-corrected chi connectivity index (χ3v) is 4.34. The van der Waals surface area contributed by atoms with Gasteiger partial charge in [-0.1, -0.05) is 11.6 Å². The first-order chi connectivity index (χ1) is 7.40. The first kappa shape index (κ1) is 11.9. The maximum atomic E-state index is 11.3. The summed E-state index contributed by atoms with van der Waals surface area (Å²) in [4.78, 5) is 12.6. The fourth-order valence-electron chi connectivity index (χ4n) is 1.99. The molecule has 0 radical (unpaired) electrons. The minimum Gasteiger partial charge on any atom is -0.368 e. The molecule has 1 aromatic rings. The smallest absolute Gasteiger partial charge is 0.237 e. The van der Waals surface area contributed by atoms with Crippen LogP contribution >= 0.6 is 22.9 Å². The lowest BCUT2D eigenvalue weighted by atomic mass is 10.0. The molecule has 0 bridgehead atoms. The van der Waals surface area contributed by atoms with E-state index < -0.39 is 5.54 Å². The lowest BCUT2D eigenvalue weighted by molar-refractivity contribution is -0.123. The van der Waals surface area contributed by atoms with Crippen LogP contribution < -0.4 is 11.1 Å². The van der Waals surface area contributed by atoms with Crippen molar-refractivity contribution in [2.24, 2.45) is 5.73 Å². The Morgan fingerprint density at radius 1 is 1.69 bits per heavy atom. The molecule has 0 saturated carbocycles. The molecule has 16 heavy (non-hydrogen) atoms. The van der Waals surface area contributed by atoms with Crippen LogP contribution in [0.2, 0.25) is 4.34 Å². The molecular weight excluding hydrogens is 244 g/mol. The van der Waals surface area contributed by atoms with Crippen molar-refractivity contribution in [3.8, 4) is 0 Å². The summed E-state index contributed by atoms with van der Waals surface area (Å²) >= 11 is 7.60. The standard InChI is InChI=1S/C11H15ClN2OS/c1-11(2,10(13)15)14-7-3-4-8-6(7)5-9(12)16-8/h5,7,14H,3-4H2,1-2H3,(H2,13,15). The molecule has 88 valence electrons. The van der Waals surface area contributed by atoms with Gasteiger partial charge in [-0.05, 0) is 38.3 Å². The molecule has 1 amide bonds. The van der Waals surface area contributed by atoms with Crippen molar-refractivity contribution in [1.29, 1.82) is 0 Å². The molecule has 1 aromatic heterocycles. The fraction of sp³-hybridized carbons (Fsp3) is 0.545. The lowest BCUT2D eigenvalue weighted by Crippen LogP contribution is -2.51. The van der Waals surface area contributed by atoms with Crippen LogP contribution in [-0.2, 0) is 11.2 Å². The second kappa shape index (κ2) is 4.02. The number of carbonyl (C=O) groups is 1. The molecule has 1 aliphatic rings. The van der Waals surface area contributed by atoms with Crippen LogP contribution in [0, 0.1) is 0 Å². The predicted molar refractivity (Wildman–Crippen MR) is 66.8 cm³/mol. The first-order valence-corrected chi connectivity index (χ1v) is 6.45. The van der Waals surface area contributed by atoms with E-state index in [4.69, 9.17) is 17.3 Å². The van der Waals surface area contributed by atoms with Gasteiger partial charge in [0.15, 0.2) is 0 Å². The third-order valence-electron chi connectivity index (χ3n) is 3.00. The second-order valence-corrected chi connectivity index (χ2v) is 6.42. The average Bonchev–Trinajstić information content (AvgIpc) is 2.66. The highest BCUT2D eigenvalue weighted by molar-refractivity contribution is 7.16. The summed E-state index contributed by atoms with van der Waals surface area (Å²) in [5, 5.41) is 3.30. The number of amides is 1. The number of hydrogen-bond acceptors (Lipinski definition) is 3. The summed E-state index contributed by atoms with van der Waals surface area (Å²) in [6, 6.07) is 2.18. The van der Waals surface area contributed by atoms with Crippen LogP contribution in [0.1, 0.15) is 36.8 Å². The van der Waals surface area contributed by atoms with E-state index in [0.29, 0.717) is 0 Å². The Balaban J connectivity index is 2.17. The molecule has 0 spiro atoms. The van der Waals surface area contributed by atoms with Crippen LogP contribution in [0.5, 0.6) is 0 Å². The second-order valence-electron chi connectivity index (χ2n) is 4.65. The van der Waals surface area contributed by atoms with Gasteiger partial charge in [-0.25, -0.2) is 0 Å². The number of thiophene rings is 1. The van der Waals surface area contributed by atoms with E-state index in [1.165, 1.54) is 10.4 Å². The van der Waals surface area contributed by atoms with Crippen molar-refractivity contribution in [2.75, 3.05) is 0 Å². The Morgan fingerprint density at radius 2 is 2.38 bits per heavy atom. The zero-order chi connectivity index (χ0) is 11.9. The third kappa shape index (κ3) is 2.10. The number of fused-ring (bicyclic) bond motifs is 1. The number of primary amides is 1. The van der Waals surface area contributed by atoms with Gasteiger partial charge in [-0.2, -0.15) is 0 Å². The molecule has 0 fully saturated rings. The van der Waals surface area contributed by atoms with Gasteiger partial charge in [0.05, 0.1) is 9.88 Å². The van der Waals surface area contributed by atoms with Gasteiger partial charge in [0.1, 0.15) is 0 Å². The zero-order valence-corrected chi connectivity index (χ0v) is 10.9. The Kier molecular flexibility index (Phi) is 2.99. The Morgan fingerprint density at radius 3 is 3.00 bits per heavy atom. The van der Waals surface area contributed by atoms with E-state index in [-0.39, 0.29) is 11.9 Å². The van der Waals surface area contributed by atoms with Gasteiger partial charge in [0.25, 0.3) is 0 Å². The highest BCUT2D eigenvalue weighted by Gasteiger charge is 2.32. The molecule has 5 heteroatoms. The molecule has 0 aliphatic heterocycles. The lowest BCUT2D eigenvalue weighted by Gasteiger charge is -2.27. The molecular formula is C11H15ClN2OS. The van der Waals surface area contributed by atoms with Crippen LogP contribution in [-0.4, -0.2) is 11.4 Å². The molecule has 1 atom stereocenters. The topological polar surface area (TPSA) is 55.1 Å². The number of carbonyl (C=O) groups excluding carboxylic acids is 1. The minimum atomic E-state index is -0.680. The van der Waals surface area contributed by atoms with Crippen LogP contribution in [0.4, 0.5) is 0 Å². The van der Waals surface area contributed by atoms with Crippen molar-refractivity contribution in [3.05, 3.63) is 20.8 Å². The number of hydrogen-bond donors (Lipinski definition) is 2. The van der Waals surface area contributed by atoms with Crippen molar-refractivity contribution in [3.63, 3.8) is 0 Å². The van der Waals surface area contributed by atoms with E-state index in [0.717, 1.165) is 17.2 Å². The van der Waals surface area contributed by atoms with Gasteiger partial charge < -0.3 is 5.73 Å². The maximum absolute atomic E-state index is 11.3. The Hall–Kier alpha value is -0.580. The quantitative estimate of drug-likeness (QED) is 0.874. The van der Waals surface area contributed by atoms with Crippen LogP contribution in [0.25, 0.3) is 0 Å². The summed E-state index contributed by atoms with van der Waals surface area (Å²) in [6.07, 6.45) is 2.04. The van der Waals surface area contributed by atoms with E-state index in [9.17, 15) is 4.79 Å². The highest BCUT2D eigenvalue weighted by Crippen LogP contribution is 2.40. The molecule has 1 heterocycles. The molecule has 3 nitrogen and oxygen atoms in total. The minimum absolute atomic E-state index is 0.196. The van der Waals surface area contributed by atoms with Crippen molar-refractivity contribution >= 4 is 28.8 Å². The monoisotopic (exact) mass is 258 g/mol. The van der Waals surface area contributed by atoms with E-state index >= 15 is 0 Å². The van der Waals surface area contributed by atoms with Crippen molar-refractivity contribution in [2.45, 2.75) is 38.3 Å². The van der Waals surface area contributed by atoms with Gasteiger partial charge >= 0.3 is 0 Å². The van der Waals surface area contributed by atoms with Crippen LogP contribution in [0.3, 0.4) is 0 Å². The highest BCUT2D eigenvalue weighted by atomic mass is 35.5. The molecule has 1 aliphatic carbocycles. The Bertz CT molecular complexity index is 428. The maximum Gasteiger partial charge on any atom is 0.237 e. The SMILES string of the molecule is CC(C)(NC1CCc2sc(Cl)cc21)C(N)=O. The van der Waals surface area contributed by atoms with Crippen molar-refractivity contribution in [1.82, 2.24) is 5.32 Å². The van der Waals surface area contributed by atoms with Gasteiger partial charge in [0, 0.05) is 10.9 Å². The molecule has 1 unspecified atom stereocenters. The van der Waals surface area contributed by atoms with Gasteiger partial charge in [0.2, 0.25) is 5.91 Å². The summed E-state index contributed by atoms with van der Waals surface area (Å²) in [6.45, 7) is 3.61. The van der Waals surface area contributed by atoms with Gasteiger partial charge in [-0.3, -0.25) is 10.1 Å². The number of nitrogens with one attached hydrogen (secondary N) is 1. The van der Waals surface area contributed by atoms with Crippen LogP contribution in [0.15, 0.2) is 6.07 Å². The largest absolute Gasteiger partial charge is 0.368 e. The molecule has 0 aromatic carbocycles. The summed E-state index contributed by atoms with van der Waals surface area (Å²) < 4.78 is 0.813. The molecule has 0 saturated heterocycles. The fourth-order valence-corrected chi connectivity index (χ4v) is 3.34. The predicted octanol–water partition coefficient (Wildman–Crippen LogP) is 2.24. The van der Waals surface area contributed by atoms with Gasteiger partial charge in [-0.15, -0.1) is 11.3 Å². The zero-order valence-electron chi connectivity index (χ0n) is 9.34. The van der Waals surface area contributed by atoms with Crippen molar-refractivity contribution < 1.29 is 4.79 Å². The molecule has 2 rings (SSSR count). The number of rotatable bonds is 3.